The van der Waals surface area contributed by atoms with Gasteiger partial charge < -0.3 is 19.5 Å². The van der Waals surface area contributed by atoms with Crippen molar-refractivity contribution >= 4 is 27.9 Å². The average Bonchev–Trinajstić information content (AvgIpc) is 2.56. The number of rotatable bonds is 2. The second-order valence-electron chi connectivity index (χ2n) is 7.01. The van der Waals surface area contributed by atoms with Crippen molar-refractivity contribution in [2.24, 2.45) is 0 Å². The number of likely N-dealkylation sites (N-methyl/N-ethyl adjacent to an activating group) is 1. The van der Waals surface area contributed by atoms with E-state index in [4.69, 9.17) is 9.47 Å². The highest BCUT2D eigenvalue weighted by Gasteiger charge is 2.50. The van der Waals surface area contributed by atoms with E-state index in [1.807, 2.05) is 6.92 Å². The van der Waals surface area contributed by atoms with Gasteiger partial charge in [0, 0.05) is 35.6 Å². The number of phenols is 1. The number of amides is 2. The Balaban J connectivity index is 2.20. The topological polar surface area (TPSA) is 79.3 Å². The summed E-state index contributed by atoms with van der Waals surface area (Å²) in [5.41, 5.74) is 2.21. The first-order chi connectivity index (χ1) is 12.2. The molecule has 1 aromatic rings. The highest BCUT2D eigenvalue weighted by atomic mass is 79.9. The minimum atomic E-state index is -0.652. The van der Waals surface area contributed by atoms with Crippen molar-refractivity contribution in [2.75, 3.05) is 20.7 Å². The van der Waals surface area contributed by atoms with Gasteiger partial charge in [-0.1, -0.05) is 15.9 Å². The molecule has 0 unspecified atom stereocenters. The van der Waals surface area contributed by atoms with Crippen LogP contribution < -0.4 is 4.74 Å². The molecular weight excluding hydrogens is 404 g/mol. The molecule has 2 heterocycles. The number of halogens is 1. The summed E-state index contributed by atoms with van der Waals surface area (Å²) >= 11 is 3.58. The maximum absolute atomic E-state index is 12.7. The molecule has 0 saturated carbocycles. The molecule has 8 heteroatoms. The SMILES string of the molecule is COc1c(C)c(Br)c2c(c1O)[C@@H]1CN(C)C(=O)[C@H](C2)N1C(=O)OC(C)C. The van der Waals surface area contributed by atoms with Gasteiger partial charge in [-0.2, -0.15) is 0 Å². The normalized spacial score (nSPS) is 21.7. The van der Waals surface area contributed by atoms with Crippen LogP contribution in [0.1, 0.15) is 36.6 Å². The maximum atomic E-state index is 12.7. The van der Waals surface area contributed by atoms with Crippen molar-refractivity contribution in [3.63, 3.8) is 0 Å². The summed E-state index contributed by atoms with van der Waals surface area (Å²) in [5, 5.41) is 10.9. The van der Waals surface area contributed by atoms with E-state index in [1.165, 1.54) is 12.0 Å². The van der Waals surface area contributed by atoms with E-state index in [0.717, 1.165) is 15.6 Å². The predicted molar refractivity (Wildman–Crippen MR) is 98.4 cm³/mol. The minimum absolute atomic E-state index is 0.0109. The predicted octanol–water partition coefficient (Wildman–Crippen LogP) is 2.76. The molecule has 1 fully saturated rings. The summed E-state index contributed by atoms with van der Waals surface area (Å²) in [6.45, 7) is 5.65. The molecule has 7 nitrogen and oxygen atoms in total. The molecule has 2 aliphatic heterocycles. The summed E-state index contributed by atoms with van der Waals surface area (Å²) in [4.78, 5) is 28.5. The molecule has 26 heavy (non-hydrogen) atoms. The van der Waals surface area contributed by atoms with Crippen molar-refractivity contribution < 1.29 is 24.2 Å². The Bertz CT molecular complexity index is 780. The lowest BCUT2D eigenvalue weighted by atomic mass is 9.83. The number of carbonyl (C=O) groups excluding carboxylic acids is 2. The number of aromatic hydroxyl groups is 1. The van der Waals surface area contributed by atoms with Crippen LogP contribution in [0, 0.1) is 6.92 Å². The standard InChI is InChI=1S/C18H23BrN2O5/c1-8(2)26-18(24)21-11-6-10-13(12(21)7-20(4)17(11)23)15(22)16(25-5)9(3)14(10)19/h8,11-12,22H,6-7H2,1-5H3/t11-,12-/m0/s1. The van der Waals surface area contributed by atoms with Crippen LogP contribution in [0.4, 0.5) is 4.79 Å². The third kappa shape index (κ3) is 2.71. The Kier molecular flexibility index (Phi) is 4.81. The van der Waals surface area contributed by atoms with Gasteiger partial charge in [0.25, 0.3) is 0 Å². The van der Waals surface area contributed by atoms with Gasteiger partial charge in [0.15, 0.2) is 11.5 Å². The number of benzene rings is 1. The molecular formula is C18H23BrN2O5. The fraction of sp³-hybridized carbons (Fsp3) is 0.556. The molecule has 0 spiro atoms. The van der Waals surface area contributed by atoms with E-state index >= 15 is 0 Å². The van der Waals surface area contributed by atoms with Gasteiger partial charge in [-0.15, -0.1) is 0 Å². The summed E-state index contributed by atoms with van der Waals surface area (Å²) in [7, 11) is 3.20. The molecule has 1 saturated heterocycles. The van der Waals surface area contributed by atoms with Gasteiger partial charge >= 0.3 is 6.09 Å². The second-order valence-corrected chi connectivity index (χ2v) is 7.80. The van der Waals surface area contributed by atoms with Crippen LogP contribution in [0.15, 0.2) is 4.47 Å². The van der Waals surface area contributed by atoms with Crippen molar-refractivity contribution in [2.45, 2.75) is 45.4 Å². The Morgan fingerprint density at radius 2 is 2.00 bits per heavy atom. The number of nitrogens with zero attached hydrogens (tertiary/aromatic N) is 2. The number of methoxy groups -OCH3 is 1. The third-order valence-corrected chi connectivity index (χ3v) is 6.07. The van der Waals surface area contributed by atoms with Crippen LogP contribution >= 0.6 is 15.9 Å². The molecule has 142 valence electrons. The van der Waals surface area contributed by atoms with Gasteiger partial charge in [0.2, 0.25) is 5.91 Å². The third-order valence-electron chi connectivity index (χ3n) is 4.99. The molecule has 2 amide bonds. The lowest BCUT2D eigenvalue weighted by Gasteiger charge is -2.48. The molecule has 0 radical (unpaired) electrons. The quantitative estimate of drug-likeness (QED) is 0.786. The van der Waals surface area contributed by atoms with Crippen LogP contribution in [0.25, 0.3) is 0 Å². The average molecular weight is 427 g/mol. The van der Waals surface area contributed by atoms with Crippen LogP contribution in [-0.2, 0) is 16.0 Å². The number of carbonyl (C=O) groups is 2. The number of ether oxygens (including phenoxy) is 2. The second kappa shape index (κ2) is 6.64. The number of hydrogen-bond acceptors (Lipinski definition) is 5. The first-order valence-electron chi connectivity index (χ1n) is 8.50. The molecule has 3 rings (SSSR count). The van der Waals surface area contributed by atoms with Gasteiger partial charge in [0.05, 0.1) is 19.3 Å². The zero-order valence-electron chi connectivity index (χ0n) is 15.5. The lowest BCUT2D eigenvalue weighted by Crippen LogP contribution is -2.62. The van der Waals surface area contributed by atoms with E-state index < -0.39 is 18.2 Å². The van der Waals surface area contributed by atoms with Gasteiger partial charge in [-0.3, -0.25) is 9.69 Å². The Morgan fingerprint density at radius 1 is 1.35 bits per heavy atom. The van der Waals surface area contributed by atoms with Gasteiger partial charge in [0.1, 0.15) is 6.04 Å². The molecule has 1 aromatic carbocycles. The van der Waals surface area contributed by atoms with Gasteiger partial charge in [-0.25, -0.2) is 4.79 Å². The first kappa shape index (κ1) is 18.8. The minimum Gasteiger partial charge on any atom is -0.504 e. The Hall–Kier alpha value is -1.96. The van der Waals surface area contributed by atoms with Crippen molar-refractivity contribution in [1.29, 1.82) is 0 Å². The zero-order chi connectivity index (χ0) is 19.3. The number of fused-ring (bicyclic) bond motifs is 4. The zero-order valence-corrected chi connectivity index (χ0v) is 17.1. The fourth-order valence-electron chi connectivity index (χ4n) is 3.85. The van der Waals surface area contributed by atoms with Crippen molar-refractivity contribution in [3.8, 4) is 11.5 Å². The Labute approximate surface area is 161 Å². The van der Waals surface area contributed by atoms with Crippen LogP contribution in [0.5, 0.6) is 11.5 Å². The molecule has 2 bridgehead atoms. The van der Waals surface area contributed by atoms with Crippen molar-refractivity contribution in [3.05, 3.63) is 21.2 Å². The largest absolute Gasteiger partial charge is 0.504 e. The first-order valence-corrected chi connectivity index (χ1v) is 9.30. The van der Waals surface area contributed by atoms with E-state index in [9.17, 15) is 14.7 Å². The molecule has 1 N–H and O–H groups in total. The monoisotopic (exact) mass is 426 g/mol. The van der Waals surface area contributed by atoms with Crippen LogP contribution in [0.3, 0.4) is 0 Å². The number of hydrogen-bond donors (Lipinski definition) is 1. The van der Waals surface area contributed by atoms with Crippen molar-refractivity contribution in [1.82, 2.24) is 9.80 Å². The summed E-state index contributed by atoms with van der Waals surface area (Å²) in [5.74, 6) is 0.245. The van der Waals surface area contributed by atoms with E-state index in [0.29, 0.717) is 17.7 Å². The maximum Gasteiger partial charge on any atom is 0.411 e. The molecule has 2 aliphatic rings. The smallest absolute Gasteiger partial charge is 0.411 e. The fourth-order valence-corrected chi connectivity index (χ4v) is 4.41. The van der Waals surface area contributed by atoms with Gasteiger partial charge in [-0.05, 0) is 26.3 Å². The van der Waals surface area contributed by atoms with E-state index in [2.05, 4.69) is 15.9 Å². The number of phenolic OH excluding ortho intramolecular Hbond substituents is 1. The molecule has 2 atom stereocenters. The summed E-state index contributed by atoms with van der Waals surface area (Å²) < 4.78 is 11.5. The Morgan fingerprint density at radius 3 is 2.58 bits per heavy atom. The van der Waals surface area contributed by atoms with Crippen LogP contribution in [0.2, 0.25) is 0 Å². The van der Waals surface area contributed by atoms with E-state index in [1.54, 1.807) is 25.8 Å². The highest BCUT2D eigenvalue weighted by Crippen LogP contribution is 2.50. The summed E-state index contributed by atoms with van der Waals surface area (Å²) in [6, 6.07) is -1.15. The highest BCUT2D eigenvalue weighted by molar-refractivity contribution is 9.10. The molecule has 0 aliphatic carbocycles. The van der Waals surface area contributed by atoms with E-state index in [-0.39, 0.29) is 24.3 Å². The lowest BCUT2D eigenvalue weighted by molar-refractivity contribution is -0.143. The molecule has 0 aromatic heterocycles. The van der Waals surface area contributed by atoms with Crippen LogP contribution in [-0.4, -0.2) is 59.8 Å². The summed E-state index contributed by atoms with van der Waals surface area (Å²) in [6.07, 6.45) is -0.538. The number of piperazine rings is 1.